The molecule has 1 N–H and O–H groups in total. The molecule has 14 heavy (non-hydrogen) atoms. The zero-order chi connectivity index (χ0) is 10.8. The van der Waals surface area contributed by atoms with Crippen LogP contribution < -0.4 is 4.74 Å². The molecule has 1 rings (SSSR count). The monoisotopic (exact) mass is 195 g/mol. The molecule has 0 fully saturated rings. The van der Waals surface area contributed by atoms with E-state index in [1.165, 1.54) is 13.3 Å². The van der Waals surface area contributed by atoms with Crippen LogP contribution in [-0.2, 0) is 10.2 Å². The van der Waals surface area contributed by atoms with Crippen LogP contribution in [0.4, 0.5) is 0 Å². The van der Waals surface area contributed by atoms with Crippen molar-refractivity contribution in [3.63, 3.8) is 0 Å². The summed E-state index contributed by atoms with van der Waals surface area (Å²) < 4.78 is 5.08. The van der Waals surface area contributed by atoms with E-state index in [4.69, 9.17) is 9.84 Å². The normalized spacial score (nSPS) is 11.1. The van der Waals surface area contributed by atoms with Gasteiger partial charge in [0.15, 0.2) is 0 Å². The van der Waals surface area contributed by atoms with E-state index in [1.54, 1.807) is 26.1 Å². The lowest BCUT2D eigenvalue weighted by molar-refractivity contribution is -0.142. The molecule has 4 nitrogen and oxygen atoms in total. The Balaban J connectivity index is 3.24. The Labute approximate surface area is 82.5 Å². The number of pyridine rings is 1. The molecule has 0 amide bonds. The van der Waals surface area contributed by atoms with Crippen molar-refractivity contribution >= 4 is 5.97 Å². The van der Waals surface area contributed by atoms with Crippen LogP contribution in [-0.4, -0.2) is 23.2 Å². The summed E-state index contributed by atoms with van der Waals surface area (Å²) in [5, 5.41) is 9.03. The van der Waals surface area contributed by atoms with Crippen LogP contribution in [0.3, 0.4) is 0 Å². The SMILES string of the molecule is COc1ccncc1C(C)(C)C(=O)O. The summed E-state index contributed by atoms with van der Waals surface area (Å²) >= 11 is 0. The average Bonchev–Trinajstić information content (AvgIpc) is 2.17. The molecule has 0 saturated heterocycles. The van der Waals surface area contributed by atoms with Gasteiger partial charge >= 0.3 is 5.97 Å². The van der Waals surface area contributed by atoms with Gasteiger partial charge in [-0.1, -0.05) is 0 Å². The number of carbonyl (C=O) groups is 1. The quantitative estimate of drug-likeness (QED) is 0.793. The third-order valence-corrected chi connectivity index (χ3v) is 2.21. The highest BCUT2D eigenvalue weighted by Gasteiger charge is 2.32. The van der Waals surface area contributed by atoms with Gasteiger partial charge in [-0.15, -0.1) is 0 Å². The number of hydrogen-bond acceptors (Lipinski definition) is 3. The summed E-state index contributed by atoms with van der Waals surface area (Å²) in [6, 6.07) is 1.65. The Hall–Kier alpha value is -1.58. The predicted octanol–water partition coefficient (Wildman–Crippen LogP) is 1.45. The summed E-state index contributed by atoms with van der Waals surface area (Å²) in [7, 11) is 1.51. The van der Waals surface area contributed by atoms with Crippen LogP contribution in [0.5, 0.6) is 5.75 Å². The van der Waals surface area contributed by atoms with Gasteiger partial charge in [0, 0.05) is 18.0 Å². The molecule has 0 aliphatic rings. The van der Waals surface area contributed by atoms with E-state index < -0.39 is 11.4 Å². The zero-order valence-corrected chi connectivity index (χ0v) is 8.44. The smallest absolute Gasteiger partial charge is 0.313 e. The summed E-state index contributed by atoms with van der Waals surface area (Å²) in [5.41, 5.74) is -0.408. The highest BCUT2D eigenvalue weighted by atomic mass is 16.5. The summed E-state index contributed by atoms with van der Waals surface area (Å²) in [6.45, 7) is 3.24. The average molecular weight is 195 g/mol. The Morgan fingerprint density at radius 2 is 2.21 bits per heavy atom. The number of aromatic nitrogens is 1. The second-order valence-corrected chi connectivity index (χ2v) is 3.51. The largest absolute Gasteiger partial charge is 0.496 e. The Morgan fingerprint density at radius 1 is 1.57 bits per heavy atom. The first-order valence-corrected chi connectivity index (χ1v) is 4.22. The molecule has 4 heteroatoms. The highest BCUT2D eigenvalue weighted by Crippen LogP contribution is 2.30. The zero-order valence-electron chi connectivity index (χ0n) is 8.44. The summed E-state index contributed by atoms with van der Waals surface area (Å²) in [5.74, 6) is -0.351. The van der Waals surface area contributed by atoms with Gasteiger partial charge in [0.1, 0.15) is 5.75 Å². The van der Waals surface area contributed by atoms with Crippen LogP contribution in [0.1, 0.15) is 19.4 Å². The molecule has 76 valence electrons. The molecule has 0 aliphatic carbocycles. The Bertz CT molecular complexity index is 347. The van der Waals surface area contributed by atoms with Gasteiger partial charge in [0.25, 0.3) is 0 Å². The number of methoxy groups -OCH3 is 1. The lowest BCUT2D eigenvalue weighted by Gasteiger charge is -2.21. The van der Waals surface area contributed by atoms with E-state index in [-0.39, 0.29) is 0 Å². The minimum Gasteiger partial charge on any atom is -0.496 e. The minimum absolute atomic E-state index is 0.549. The maximum absolute atomic E-state index is 11.0. The topological polar surface area (TPSA) is 59.4 Å². The maximum Gasteiger partial charge on any atom is 0.313 e. The van der Waals surface area contributed by atoms with Crippen molar-refractivity contribution in [3.8, 4) is 5.75 Å². The minimum atomic E-state index is -0.987. The first-order chi connectivity index (χ1) is 6.50. The highest BCUT2D eigenvalue weighted by molar-refractivity contribution is 5.81. The lowest BCUT2D eigenvalue weighted by atomic mass is 9.85. The molecular weight excluding hydrogens is 182 g/mol. The molecule has 0 atom stereocenters. The molecule has 0 saturated carbocycles. The van der Waals surface area contributed by atoms with Crippen molar-refractivity contribution in [2.75, 3.05) is 7.11 Å². The fraction of sp³-hybridized carbons (Fsp3) is 0.400. The molecule has 0 aromatic carbocycles. The number of rotatable bonds is 3. The Kier molecular flexibility index (Phi) is 2.74. The van der Waals surface area contributed by atoms with Crippen LogP contribution in [0.2, 0.25) is 0 Å². The van der Waals surface area contributed by atoms with Crippen LogP contribution in [0.25, 0.3) is 0 Å². The fourth-order valence-electron chi connectivity index (χ4n) is 1.14. The number of carboxylic acid groups (broad SMARTS) is 1. The van der Waals surface area contributed by atoms with Crippen molar-refractivity contribution in [3.05, 3.63) is 24.0 Å². The van der Waals surface area contributed by atoms with Gasteiger partial charge in [-0.2, -0.15) is 0 Å². The number of aliphatic carboxylic acids is 1. The third kappa shape index (κ3) is 1.69. The van der Waals surface area contributed by atoms with E-state index >= 15 is 0 Å². The molecule has 0 bridgehead atoms. The molecule has 0 radical (unpaired) electrons. The second-order valence-electron chi connectivity index (χ2n) is 3.51. The maximum atomic E-state index is 11.0. The summed E-state index contributed by atoms with van der Waals surface area (Å²) in [4.78, 5) is 14.9. The van der Waals surface area contributed by atoms with Crippen molar-refractivity contribution in [2.45, 2.75) is 19.3 Å². The van der Waals surface area contributed by atoms with Crippen LogP contribution >= 0.6 is 0 Å². The van der Waals surface area contributed by atoms with Gasteiger partial charge in [-0.3, -0.25) is 9.78 Å². The number of hydrogen-bond donors (Lipinski definition) is 1. The number of carboxylic acids is 1. The third-order valence-electron chi connectivity index (χ3n) is 2.21. The summed E-state index contributed by atoms with van der Waals surface area (Å²) in [6.07, 6.45) is 3.09. The molecular formula is C10H13NO3. The van der Waals surface area contributed by atoms with Crippen molar-refractivity contribution < 1.29 is 14.6 Å². The molecule has 1 aromatic heterocycles. The van der Waals surface area contributed by atoms with Gasteiger partial charge in [-0.25, -0.2) is 0 Å². The first-order valence-electron chi connectivity index (χ1n) is 4.22. The van der Waals surface area contributed by atoms with Gasteiger partial charge in [0.05, 0.1) is 12.5 Å². The number of ether oxygens (including phenoxy) is 1. The van der Waals surface area contributed by atoms with Gasteiger partial charge < -0.3 is 9.84 Å². The first kappa shape index (κ1) is 10.5. The van der Waals surface area contributed by atoms with Gasteiger partial charge in [0.2, 0.25) is 0 Å². The van der Waals surface area contributed by atoms with Crippen LogP contribution in [0, 0.1) is 0 Å². The van der Waals surface area contributed by atoms with E-state index in [2.05, 4.69) is 4.98 Å². The number of nitrogens with zero attached hydrogens (tertiary/aromatic N) is 1. The van der Waals surface area contributed by atoms with E-state index in [0.29, 0.717) is 11.3 Å². The lowest BCUT2D eigenvalue weighted by Crippen LogP contribution is -2.29. The van der Waals surface area contributed by atoms with Crippen molar-refractivity contribution in [2.24, 2.45) is 0 Å². The van der Waals surface area contributed by atoms with Crippen molar-refractivity contribution in [1.82, 2.24) is 4.98 Å². The molecule has 1 heterocycles. The molecule has 1 aromatic rings. The standard InChI is InChI=1S/C10H13NO3/c1-10(2,9(12)13)7-6-11-5-4-8(7)14-3/h4-6H,1-3H3,(H,12,13). The molecule has 0 spiro atoms. The molecule has 0 aliphatic heterocycles. The van der Waals surface area contributed by atoms with Crippen molar-refractivity contribution in [1.29, 1.82) is 0 Å². The predicted molar refractivity (Wildman–Crippen MR) is 51.5 cm³/mol. The van der Waals surface area contributed by atoms with E-state index in [9.17, 15) is 4.79 Å². The Morgan fingerprint density at radius 3 is 2.71 bits per heavy atom. The second kappa shape index (κ2) is 3.65. The van der Waals surface area contributed by atoms with E-state index in [0.717, 1.165) is 0 Å². The fourth-order valence-corrected chi connectivity index (χ4v) is 1.14. The van der Waals surface area contributed by atoms with Crippen LogP contribution in [0.15, 0.2) is 18.5 Å². The van der Waals surface area contributed by atoms with Gasteiger partial charge in [-0.05, 0) is 19.9 Å². The van der Waals surface area contributed by atoms with E-state index in [1.807, 2.05) is 0 Å². The molecule has 0 unspecified atom stereocenters.